The van der Waals surface area contributed by atoms with Crippen molar-refractivity contribution in [2.24, 2.45) is 0 Å². The minimum absolute atomic E-state index is 0.0551. The van der Waals surface area contributed by atoms with Crippen molar-refractivity contribution in [3.8, 4) is 11.5 Å². The predicted octanol–water partition coefficient (Wildman–Crippen LogP) is 2.28. The molecule has 0 unspecified atom stereocenters. The van der Waals surface area contributed by atoms with Gasteiger partial charge in [-0.2, -0.15) is 0 Å². The molecule has 0 saturated heterocycles. The van der Waals surface area contributed by atoms with Gasteiger partial charge < -0.3 is 14.9 Å². The lowest BCUT2D eigenvalue weighted by atomic mass is 10.1. The number of hydrogen-bond donors (Lipinski definition) is 2. The number of hydrogen-bond acceptors (Lipinski definition) is 3. The van der Waals surface area contributed by atoms with Crippen LogP contribution in [0.4, 0.5) is 4.39 Å². The van der Waals surface area contributed by atoms with Crippen LogP contribution in [0.1, 0.15) is 18.4 Å². The number of methoxy groups -OCH3 is 1. The Morgan fingerprint density at radius 1 is 1.53 bits per heavy atom. The van der Waals surface area contributed by atoms with Crippen molar-refractivity contribution >= 4 is 15.9 Å². The third-order valence-electron chi connectivity index (χ3n) is 2.58. The number of rotatable bonds is 2. The summed E-state index contributed by atoms with van der Waals surface area (Å²) in [7, 11) is 1.31. The summed E-state index contributed by atoms with van der Waals surface area (Å²) in [5, 5.41) is 19.6. The lowest BCUT2D eigenvalue weighted by Crippen LogP contribution is -2.06. The fourth-order valence-electron chi connectivity index (χ4n) is 1.52. The summed E-state index contributed by atoms with van der Waals surface area (Å²) in [6.45, 7) is 0. The molecule has 0 atom stereocenters. The minimum Gasteiger partial charge on any atom is -0.506 e. The van der Waals surface area contributed by atoms with Crippen LogP contribution in [0.15, 0.2) is 10.5 Å². The Hall–Kier alpha value is -0.810. The zero-order valence-electron chi connectivity index (χ0n) is 8.05. The van der Waals surface area contributed by atoms with E-state index in [1.165, 1.54) is 7.11 Å². The van der Waals surface area contributed by atoms with E-state index in [1.807, 2.05) is 0 Å². The van der Waals surface area contributed by atoms with Gasteiger partial charge in [0.2, 0.25) is 0 Å². The molecule has 2 N–H and O–H groups in total. The number of aliphatic hydroxyl groups is 1. The molecular formula is C10H10BrFO3. The first-order chi connectivity index (χ1) is 6.99. The van der Waals surface area contributed by atoms with Gasteiger partial charge in [-0.1, -0.05) is 0 Å². The van der Waals surface area contributed by atoms with Crippen LogP contribution in [0.2, 0.25) is 0 Å². The Balaban J connectivity index is 2.59. The average Bonchev–Trinajstić information content (AvgIpc) is 2.92. The Kier molecular flexibility index (Phi) is 2.39. The number of aromatic hydroxyl groups is 1. The predicted molar refractivity (Wildman–Crippen MR) is 55.4 cm³/mol. The molecule has 82 valence electrons. The minimum atomic E-state index is -1.07. The normalized spacial score (nSPS) is 17.6. The summed E-state index contributed by atoms with van der Waals surface area (Å²) >= 11 is 3.04. The fourth-order valence-corrected chi connectivity index (χ4v) is 2.09. The molecular weight excluding hydrogens is 267 g/mol. The van der Waals surface area contributed by atoms with Crippen LogP contribution in [0.5, 0.6) is 11.5 Å². The SMILES string of the molecule is COc1c(F)cc(C2(O)CC2)c(O)c1Br. The van der Waals surface area contributed by atoms with Crippen LogP contribution in [0.3, 0.4) is 0 Å². The molecule has 0 aromatic heterocycles. The van der Waals surface area contributed by atoms with Gasteiger partial charge in [0.15, 0.2) is 11.6 Å². The standard InChI is InChI=1S/C10H10BrFO3/c1-15-9-6(12)4-5(8(13)7(9)11)10(14)2-3-10/h4,13-14H,2-3H2,1H3. The van der Waals surface area contributed by atoms with E-state index in [-0.39, 0.29) is 21.5 Å². The highest BCUT2D eigenvalue weighted by atomic mass is 79.9. The summed E-state index contributed by atoms with van der Waals surface area (Å²) < 4.78 is 18.4. The zero-order chi connectivity index (χ0) is 11.2. The summed E-state index contributed by atoms with van der Waals surface area (Å²) in [4.78, 5) is 0. The van der Waals surface area contributed by atoms with E-state index in [0.29, 0.717) is 12.8 Å². The van der Waals surface area contributed by atoms with Crippen LogP contribution >= 0.6 is 15.9 Å². The first kappa shape index (κ1) is 10.7. The van der Waals surface area contributed by atoms with Gasteiger partial charge in [0.1, 0.15) is 10.2 Å². The third-order valence-corrected chi connectivity index (χ3v) is 3.32. The largest absolute Gasteiger partial charge is 0.506 e. The second-order valence-electron chi connectivity index (χ2n) is 3.63. The molecule has 2 rings (SSSR count). The molecule has 1 saturated carbocycles. The van der Waals surface area contributed by atoms with Crippen molar-refractivity contribution in [3.63, 3.8) is 0 Å². The molecule has 1 fully saturated rings. The number of ether oxygens (including phenoxy) is 1. The van der Waals surface area contributed by atoms with E-state index in [4.69, 9.17) is 4.74 Å². The van der Waals surface area contributed by atoms with E-state index in [2.05, 4.69) is 15.9 Å². The first-order valence-electron chi connectivity index (χ1n) is 4.47. The van der Waals surface area contributed by atoms with Crippen LogP contribution in [-0.4, -0.2) is 17.3 Å². The number of phenolic OH excluding ortho intramolecular Hbond substituents is 1. The van der Waals surface area contributed by atoms with Gasteiger partial charge in [-0.25, -0.2) is 4.39 Å². The Morgan fingerprint density at radius 3 is 2.60 bits per heavy atom. The van der Waals surface area contributed by atoms with Crippen molar-refractivity contribution in [1.82, 2.24) is 0 Å². The molecule has 0 aliphatic heterocycles. The maximum absolute atomic E-state index is 13.5. The maximum atomic E-state index is 13.5. The smallest absolute Gasteiger partial charge is 0.172 e. The second-order valence-corrected chi connectivity index (χ2v) is 4.43. The highest BCUT2D eigenvalue weighted by molar-refractivity contribution is 9.10. The molecule has 1 aliphatic rings. The molecule has 0 heterocycles. The van der Waals surface area contributed by atoms with Gasteiger partial charge in [-0.05, 0) is 34.8 Å². The molecule has 1 aromatic rings. The molecule has 3 nitrogen and oxygen atoms in total. The van der Waals surface area contributed by atoms with Gasteiger partial charge in [-0.3, -0.25) is 0 Å². The summed E-state index contributed by atoms with van der Waals surface area (Å²) in [6, 6.07) is 1.12. The second kappa shape index (κ2) is 3.35. The lowest BCUT2D eigenvalue weighted by Gasteiger charge is -2.14. The van der Waals surface area contributed by atoms with Crippen LogP contribution in [0, 0.1) is 5.82 Å². The Morgan fingerprint density at radius 2 is 2.13 bits per heavy atom. The maximum Gasteiger partial charge on any atom is 0.172 e. The quantitative estimate of drug-likeness (QED) is 0.872. The Labute approximate surface area is 94.6 Å². The van der Waals surface area contributed by atoms with Crippen LogP contribution in [0.25, 0.3) is 0 Å². The molecule has 5 heteroatoms. The molecule has 1 aliphatic carbocycles. The Bertz CT molecular complexity index is 416. The van der Waals surface area contributed by atoms with Crippen molar-refractivity contribution in [3.05, 3.63) is 21.9 Å². The number of benzene rings is 1. The molecule has 0 spiro atoms. The molecule has 0 amide bonds. The van der Waals surface area contributed by atoms with E-state index in [1.54, 1.807) is 0 Å². The van der Waals surface area contributed by atoms with Gasteiger partial charge >= 0.3 is 0 Å². The fraction of sp³-hybridized carbons (Fsp3) is 0.400. The zero-order valence-corrected chi connectivity index (χ0v) is 9.64. The molecule has 0 bridgehead atoms. The monoisotopic (exact) mass is 276 g/mol. The lowest BCUT2D eigenvalue weighted by molar-refractivity contribution is 0.147. The van der Waals surface area contributed by atoms with Gasteiger partial charge in [0, 0.05) is 5.56 Å². The highest BCUT2D eigenvalue weighted by Gasteiger charge is 2.45. The molecule has 15 heavy (non-hydrogen) atoms. The van der Waals surface area contributed by atoms with E-state index >= 15 is 0 Å². The average molecular weight is 277 g/mol. The van der Waals surface area contributed by atoms with Gasteiger partial charge in [-0.15, -0.1) is 0 Å². The summed E-state index contributed by atoms with van der Waals surface area (Å²) in [5.74, 6) is -0.814. The van der Waals surface area contributed by atoms with Crippen molar-refractivity contribution < 1.29 is 19.3 Å². The summed E-state index contributed by atoms with van der Waals surface area (Å²) in [5.41, 5.74) is -0.854. The van der Waals surface area contributed by atoms with Crippen molar-refractivity contribution in [2.75, 3.05) is 7.11 Å². The number of halogens is 2. The molecule has 1 aromatic carbocycles. The number of phenols is 1. The first-order valence-corrected chi connectivity index (χ1v) is 5.27. The van der Waals surface area contributed by atoms with E-state index in [0.717, 1.165) is 6.07 Å². The third kappa shape index (κ3) is 1.59. The topological polar surface area (TPSA) is 49.7 Å². The summed E-state index contributed by atoms with van der Waals surface area (Å²) in [6.07, 6.45) is 1.08. The highest BCUT2D eigenvalue weighted by Crippen LogP contribution is 2.52. The van der Waals surface area contributed by atoms with Crippen molar-refractivity contribution in [2.45, 2.75) is 18.4 Å². The van der Waals surface area contributed by atoms with Gasteiger partial charge in [0.25, 0.3) is 0 Å². The van der Waals surface area contributed by atoms with E-state index in [9.17, 15) is 14.6 Å². The van der Waals surface area contributed by atoms with Crippen molar-refractivity contribution in [1.29, 1.82) is 0 Å². The van der Waals surface area contributed by atoms with Gasteiger partial charge in [0.05, 0.1) is 12.7 Å². The van der Waals surface area contributed by atoms with E-state index < -0.39 is 11.4 Å². The van der Waals surface area contributed by atoms with Crippen LogP contribution < -0.4 is 4.74 Å². The molecule has 0 radical (unpaired) electrons. The van der Waals surface area contributed by atoms with Crippen LogP contribution in [-0.2, 0) is 5.60 Å².